The van der Waals surface area contributed by atoms with E-state index in [1.54, 1.807) is 18.2 Å². The van der Waals surface area contributed by atoms with Gasteiger partial charge in [0.15, 0.2) is 17.1 Å². The van der Waals surface area contributed by atoms with Crippen molar-refractivity contribution in [3.05, 3.63) is 24.1 Å². The number of aromatic nitrogens is 1. The fourth-order valence-electron chi connectivity index (χ4n) is 1.51. The second-order valence-corrected chi connectivity index (χ2v) is 4.51. The molecule has 5 heteroatoms. The first-order valence-corrected chi connectivity index (χ1v) is 5.74. The van der Waals surface area contributed by atoms with Gasteiger partial charge in [-0.1, -0.05) is 6.92 Å². The molecule has 0 aliphatic carbocycles. The van der Waals surface area contributed by atoms with Gasteiger partial charge in [-0.2, -0.15) is 0 Å². The van der Waals surface area contributed by atoms with Crippen LogP contribution in [0, 0.1) is 0 Å². The molecule has 1 aromatic heterocycles. The molecule has 0 aliphatic heterocycles. The maximum absolute atomic E-state index is 11.0. The van der Waals surface area contributed by atoms with E-state index in [-0.39, 0.29) is 0 Å². The molecule has 0 unspecified atom stereocenters. The molecule has 0 aliphatic rings. The Morgan fingerprint density at radius 3 is 2.83 bits per heavy atom. The summed E-state index contributed by atoms with van der Waals surface area (Å²) in [6, 6.07) is 5.10. The molecule has 0 saturated heterocycles. The number of ether oxygens (including phenoxy) is 1. The van der Waals surface area contributed by atoms with Crippen LogP contribution in [0.15, 0.2) is 22.6 Å². The SMILES string of the molecule is CCc1nc2ccc(OC(C)(C)C(=O)O)cc2o1. The number of oxazole rings is 1. The molecule has 0 radical (unpaired) electrons. The first-order valence-electron chi connectivity index (χ1n) is 5.74. The maximum atomic E-state index is 11.0. The number of hydrogen-bond donors (Lipinski definition) is 1. The van der Waals surface area contributed by atoms with E-state index in [9.17, 15) is 4.79 Å². The molecule has 18 heavy (non-hydrogen) atoms. The molecular weight excluding hydrogens is 234 g/mol. The van der Waals surface area contributed by atoms with Crippen LogP contribution < -0.4 is 4.74 Å². The van der Waals surface area contributed by atoms with E-state index < -0.39 is 11.6 Å². The van der Waals surface area contributed by atoms with Crippen LogP contribution in [0.25, 0.3) is 11.1 Å². The molecule has 1 heterocycles. The Bertz CT molecular complexity index is 586. The Labute approximate surface area is 104 Å². The minimum Gasteiger partial charge on any atom is -0.478 e. The number of fused-ring (bicyclic) bond motifs is 1. The lowest BCUT2D eigenvalue weighted by Crippen LogP contribution is -2.37. The largest absolute Gasteiger partial charge is 0.478 e. The summed E-state index contributed by atoms with van der Waals surface area (Å²) in [5.41, 5.74) is 0.0687. The average molecular weight is 249 g/mol. The fraction of sp³-hybridized carbons (Fsp3) is 0.385. The summed E-state index contributed by atoms with van der Waals surface area (Å²) in [7, 11) is 0. The average Bonchev–Trinajstić information content (AvgIpc) is 2.70. The Morgan fingerprint density at radius 2 is 2.22 bits per heavy atom. The molecule has 5 nitrogen and oxygen atoms in total. The van der Waals surface area contributed by atoms with E-state index in [4.69, 9.17) is 14.3 Å². The van der Waals surface area contributed by atoms with E-state index in [2.05, 4.69) is 4.98 Å². The number of carbonyl (C=O) groups is 1. The molecule has 2 rings (SSSR count). The van der Waals surface area contributed by atoms with Crippen molar-refractivity contribution in [2.75, 3.05) is 0 Å². The minimum absolute atomic E-state index is 0.453. The first kappa shape index (κ1) is 12.4. The van der Waals surface area contributed by atoms with Gasteiger partial charge in [0.25, 0.3) is 0 Å². The van der Waals surface area contributed by atoms with Gasteiger partial charge in [0.1, 0.15) is 11.3 Å². The number of carboxylic acids is 1. The lowest BCUT2D eigenvalue weighted by molar-refractivity contribution is -0.152. The van der Waals surface area contributed by atoms with Crippen molar-refractivity contribution in [3.63, 3.8) is 0 Å². The van der Waals surface area contributed by atoms with E-state index >= 15 is 0 Å². The third-order valence-electron chi connectivity index (χ3n) is 2.59. The van der Waals surface area contributed by atoms with Gasteiger partial charge in [0, 0.05) is 12.5 Å². The van der Waals surface area contributed by atoms with Gasteiger partial charge in [-0.15, -0.1) is 0 Å². The summed E-state index contributed by atoms with van der Waals surface area (Å²) in [4.78, 5) is 15.2. The van der Waals surface area contributed by atoms with Gasteiger partial charge in [-0.3, -0.25) is 0 Å². The minimum atomic E-state index is -1.28. The Kier molecular flexibility index (Phi) is 2.98. The highest BCUT2D eigenvalue weighted by Crippen LogP contribution is 2.25. The number of benzene rings is 1. The molecule has 0 amide bonds. The fourth-order valence-corrected chi connectivity index (χ4v) is 1.51. The van der Waals surface area contributed by atoms with Crippen LogP contribution in [-0.4, -0.2) is 21.7 Å². The molecule has 0 bridgehead atoms. The second kappa shape index (κ2) is 4.33. The third kappa shape index (κ3) is 2.30. The second-order valence-electron chi connectivity index (χ2n) is 4.51. The van der Waals surface area contributed by atoms with Gasteiger partial charge in [-0.05, 0) is 26.0 Å². The van der Waals surface area contributed by atoms with E-state index in [0.717, 1.165) is 5.52 Å². The van der Waals surface area contributed by atoms with Crippen LogP contribution in [0.3, 0.4) is 0 Å². The summed E-state index contributed by atoms with van der Waals surface area (Å²) in [6.07, 6.45) is 0.714. The van der Waals surface area contributed by atoms with E-state index in [0.29, 0.717) is 23.6 Å². The number of carboxylic acid groups (broad SMARTS) is 1. The quantitative estimate of drug-likeness (QED) is 0.901. The number of aryl methyl sites for hydroxylation is 1. The van der Waals surface area contributed by atoms with Gasteiger partial charge < -0.3 is 14.3 Å². The number of rotatable bonds is 4. The highest BCUT2D eigenvalue weighted by atomic mass is 16.5. The molecule has 0 spiro atoms. The maximum Gasteiger partial charge on any atom is 0.347 e. The normalized spacial score (nSPS) is 11.7. The van der Waals surface area contributed by atoms with Crippen LogP contribution in [0.4, 0.5) is 0 Å². The zero-order valence-corrected chi connectivity index (χ0v) is 10.6. The van der Waals surface area contributed by atoms with Crippen molar-refractivity contribution in [2.24, 2.45) is 0 Å². The van der Waals surface area contributed by atoms with E-state index in [1.807, 2.05) is 6.92 Å². The molecule has 0 fully saturated rings. The van der Waals surface area contributed by atoms with E-state index in [1.165, 1.54) is 13.8 Å². The molecule has 0 saturated carbocycles. The zero-order valence-electron chi connectivity index (χ0n) is 10.6. The van der Waals surface area contributed by atoms with Crippen LogP contribution in [0.5, 0.6) is 5.75 Å². The Hall–Kier alpha value is -2.04. The van der Waals surface area contributed by atoms with Crippen LogP contribution in [0.2, 0.25) is 0 Å². The highest BCUT2D eigenvalue weighted by Gasteiger charge is 2.29. The van der Waals surface area contributed by atoms with Crippen LogP contribution in [-0.2, 0) is 11.2 Å². The summed E-state index contributed by atoms with van der Waals surface area (Å²) < 4.78 is 10.9. The standard InChI is InChI=1S/C13H15NO4/c1-4-11-14-9-6-5-8(7-10(9)17-11)18-13(2,3)12(15)16/h5-7H,4H2,1-3H3,(H,15,16). The van der Waals surface area contributed by atoms with Crippen molar-refractivity contribution in [2.45, 2.75) is 32.8 Å². The van der Waals surface area contributed by atoms with Crippen molar-refractivity contribution < 1.29 is 19.1 Å². The lowest BCUT2D eigenvalue weighted by Gasteiger charge is -2.21. The summed E-state index contributed by atoms with van der Waals surface area (Å²) in [5, 5.41) is 9.00. The predicted molar refractivity (Wildman–Crippen MR) is 65.7 cm³/mol. The highest BCUT2D eigenvalue weighted by molar-refractivity contribution is 5.78. The summed E-state index contributed by atoms with van der Waals surface area (Å²) in [5.74, 6) is 0.0859. The molecular formula is C13H15NO4. The molecule has 1 N–H and O–H groups in total. The lowest BCUT2D eigenvalue weighted by atomic mass is 10.1. The molecule has 2 aromatic rings. The Morgan fingerprint density at radius 1 is 1.50 bits per heavy atom. The molecule has 96 valence electrons. The van der Waals surface area contributed by atoms with Crippen LogP contribution in [0.1, 0.15) is 26.7 Å². The van der Waals surface area contributed by atoms with Gasteiger partial charge in [0.05, 0.1) is 0 Å². The van der Waals surface area contributed by atoms with Crippen molar-refractivity contribution in [1.29, 1.82) is 0 Å². The molecule has 0 atom stereocenters. The van der Waals surface area contributed by atoms with Crippen LogP contribution >= 0.6 is 0 Å². The van der Waals surface area contributed by atoms with Gasteiger partial charge in [0.2, 0.25) is 0 Å². The smallest absolute Gasteiger partial charge is 0.347 e. The molecule has 1 aromatic carbocycles. The van der Waals surface area contributed by atoms with Gasteiger partial charge >= 0.3 is 5.97 Å². The Balaban J connectivity index is 2.32. The van der Waals surface area contributed by atoms with Crippen molar-refractivity contribution >= 4 is 17.1 Å². The topological polar surface area (TPSA) is 72.6 Å². The first-order chi connectivity index (χ1) is 8.42. The number of aliphatic carboxylic acids is 1. The van der Waals surface area contributed by atoms with Crippen molar-refractivity contribution in [1.82, 2.24) is 4.98 Å². The third-order valence-corrected chi connectivity index (χ3v) is 2.59. The predicted octanol–water partition coefficient (Wildman–Crippen LogP) is 2.63. The van der Waals surface area contributed by atoms with Crippen molar-refractivity contribution in [3.8, 4) is 5.75 Å². The monoisotopic (exact) mass is 249 g/mol. The zero-order chi connectivity index (χ0) is 13.3. The van der Waals surface area contributed by atoms with Gasteiger partial charge in [-0.25, -0.2) is 9.78 Å². The number of nitrogens with zero attached hydrogens (tertiary/aromatic N) is 1. The summed E-state index contributed by atoms with van der Waals surface area (Å²) >= 11 is 0. The number of hydrogen-bond acceptors (Lipinski definition) is 4. The summed E-state index contributed by atoms with van der Waals surface area (Å²) in [6.45, 7) is 4.95.